The first-order valence-electron chi connectivity index (χ1n) is 6.16. The molecule has 1 fully saturated rings. The summed E-state index contributed by atoms with van der Waals surface area (Å²) in [6.45, 7) is 4.97. The Morgan fingerprint density at radius 1 is 1.59 bits per heavy atom. The van der Waals surface area contributed by atoms with Gasteiger partial charge in [-0.3, -0.25) is 0 Å². The maximum absolute atomic E-state index is 5.35. The summed E-state index contributed by atoms with van der Waals surface area (Å²) < 4.78 is 10.7. The van der Waals surface area contributed by atoms with Gasteiger partial charge < -0.3 is 19.4 Å². The molecule has 0 amide bonds. The fraction of sp³-hybridized carbons (Fsp3) is 0.692. The number of methoxy groups -OCH3 is 1. The molecule has 1 aliphatic rings. The molecular formula is C13H22N2O2. The average Bonchev–Trinajstić information content (AvgIpc) is 2.89. The third-order valence-corrected chi connectivity index (χ3v) is 3.45. The largest absolute Gasteiger partial charge is 0.469 e. The zero-order chi connectivity index (χ0) is 12.3. The fourth-order valence-corrected chi connectivity index (χ4v) is 2.41. The van der Waals surface area contributed by atoms with Crippen molar-refractivity contribution in [1.29, 1.82) is 0 Å². The first-order chi connectivity index (χ1) is 8.19. The summed E-state index contributed by atoms with van der Waals surface area (Å²) >= 11 is 0. The molecule has 2 rings (SSSR count). The molecule has 2 heterocycles. The molecule has 1 aromatic heterocycles. The highest BCUT2D eigenvalue weighted by atomic mass is 16.5. The lowest BCUT2D eigenvalue weighted by atomic mass is 10.2. The molecule has 0 spiro atoms. The highest BCUT2D eigenvalue weighted by Gasteiger charge is 2.24. The number of hydrogen-bond acceptors (Lipinski definition) is 4. The molecule has 1 N–H and O–H groups in total. The van der Waals surface area contributed by atoms with E-state index in [1.807, 2.05) is 13.0 Å². The Morgan fingerprint density at radius 3 is 3.00 bits per heavy atom. The van der Waals surface area contributed by atoms with Gasteiger partial charge in [0.1, 0.15) is 5.76 Å². The highest BCUT2D eigenvalue weighted by Crippen LogP contribution is 2.14. The van der Waals surface area contributed by atoms with Crippen LogP contribution in [0.15, 0.2) is 16.7 Å². The first-order valence-corrected chi connectivity index (χ1v) is 6.16. The minimum atomic E-state index is 0.379. The molecular weight excluding hydrogens is 216 g/mol. The van der Waals surface area contributed by atoms with Crippen molar-refractivity contribution in [2.45, 2.75) is 32.0 Å². The Kier molecular flexibility index (Phi) is 4.20. The number of aryl methyl sites for hydroxylation is 1. The maximum atomic E-state index is 5.35. The van der Waals surface area contributed by atoms with Gasteiger partial charge in [0, 0.05) is 38.3 Å². The van der Waals surface area contributed by atoms with Gasteiger partial charge >= 0.3 is 0 Å². The highest BCUT2D eigenvalue weighted by molar-refractivity contribution is 5.15. The van der Waals surface area contributed by atoms with E-state index in [4.69, 9.17) is 9.15 Å². The van der Waals surface area contributed by atoms with Gasteiger partial charge in [-0.05, 0) is 26.5 Å². The van der Waals surface area contributed by atoms with Crippen LogP contribution in [0.5, 0.6) is 0 Å². The number of hydrogen-bond donors (Lipinski definition) is 1. The second-order valence-electron chi connectivity index (χ2n) is 4.90. The normalized spacial score (nSPS) is 24.7. The summed E-state index contributed by atoms with van der Waals surface area (Å²) in [5.41, 5.74) is 1.27. The van der Waals surface area contributed by atoms with E-state index in [9.17, 15) is 0 Å². The molecule has 1 saturated heterocycles. The SMILES string of the molecule is COC1CNC(CN(C)Cc2ccoc2C)C1. The van der Waals surface area contributed by atoms with E-state index in [0.717, 1.165) is 31.8 Å². The molecule has 0 bridgehead atoms. The minimum Gasteiger partial charge on any atom is -0.469 e. The number of nitrogens with zero attached hydrogens (tertiary/aromatic N) is 1. The predicted molar refractivity (Wildman–Crippen MR) is 67.0 cm³/mol. The molecule has 4 nitrogen and oxygen atoms in total. The molecule has 4 heteroatoms. The summed E-state index contributed by atoms with van der Waals surface area (Å²) in [6, 6.07) is 2.59. The zero-order valence-corrected chi connectivity index (χ0v) is 10.9. The van der Waals surface area contributed by atoms with E-state index in [-0.39, 0.29) is 0 Å². The van der Waals surface area contributed by atoms with Crippen LogP contribution < -0.4 is 5.32 Å². The lowest BCUT2D eigenvalue weighted by molar-refractivity contribution is 0.116. The van der Waals surface area contributed by atoms with Crippen LogP contribution >= 0.6 is 0 Å². The van der Waals surface area contributed by atoms with Crippen molar-refractivity contribution < 1.29 is 9.15 Å². The molecule has 1 aromatic rings. The van der Waals surface area contributed by atoms with Gasteiger partial charge in [0.15, 0.2) is 0 Å². The number of ether oxygens (including phenoxy) is 1. The molecule has 1 aliphatic heterocycles. The predicted octanol–water partition coefficient (Wildman–Crippen LogP) is 1.40. The van der Waals surface area contributed by atoms with E-state index in [1.165, 1.54) is 5.56 Å². The van der Waals surface area contributed by atoms with Gasteiger partial charge in [-0.25, -0.2) is 0 Å². The Hall–Kier alpha value is -0.840. The van der Waals surface area contributed by atoms with Gasteiger partial charge in [0.2, 0.25) is 0 Å². The van der Waals surface area contributed by atoms with E-state index in [0.29, 0.717) is 12.1 Å². The van der Waals surface area contributed by atoms with Gasteiger partial charge in [-0.1, -0.05) is 0 Å². The second kappa shape index (κ2) is 5.67. The van der Waals surface area contributed by atoms with Crippen molar-refractivity contribution in [3.63, 3.8) is 0 Å². The van der Waals surface area contributed by atoms with Gasteiger partial charge in [0.25, 0.3) is 0 Å². The molecule has 0 aliphatic carbocycles. The maximum Gasteiger partial charge on any atom is 0.105 e. The second-order valence-corrected chi connectivity index (χ2v) is 4.90. The van der Waals surface area contributed by atoms with E-state index in [1.54, 1.807) is 13.4 Å². The first kappa shape index (κ1) is 12.6. The molecule has 96 valence electrons. The Balaban J connectivity index is 1.78. The van der Waals surface area contributed by atoms with Crippen molar-refractivity contribution in [3.8, 4) is 0 Å². The fourth-order valence-electron chi connectivity index (χ4n) is 2.41. The van der Waals surface area contributed by atoms with E-state index in [2.05, 4.69) is 17.3 Å². The molecule has 2 atom stereocenters. The van der Waals surface area contributed by atoms with Gasteiger partial charge in [-0.15, -0.1) is 0 Å². The third kappa shape index (κ3) is 3.31. The number of furan rings is 1. The summed E-state index contributed by atoms with van der Waals surface area (Å²) in [5, 5.41) is 3.49. The van der Waals surface area contributed by atoms with Gasteiger partial charge in [-0.2, -0.15) is 0 Å². The number of likely N-dealkylation sites (N-methyl/N-ethyl adjacent to an activating group) is 1. The molecule has 0 saturated carbocycles. The Labute approximate surface area is 103 Å². The van der Waals surface area contributed by atoms with E-state index >= 15 is 0 Å². The van der Waals surface area contributed by atoms with Gasteiger partial charge in [0.05, 0.1) is 12.4 Å². The Morgan fingerprint density at radius 2 is 2.41 bits per heavy atom. The monoisotopic (exact) mass is 238 g/mol. The van der Waals surface area contributed by atoms with E-state index < -0.39 is 0 Å². The quantitative estimate of drug-likeness (QED) is 0.841. The average molecular weight is 238 g/mol. The lowest BCUT2D eigenvalue weighted by Gasteiger charge is -2.20. The topological polar surface area (TPSA) is 37.6 Å². The Bertz CT molecular complexity index is 351. The lowest BCUT2D eigenvalue weighted by Crippen LogP contribution is -2.34. The summed E-state index contributed by atoms with van der Waals surface area (Å²) in [4.78, 5) is 2.33. The van der Waals surface area contributed by atoms with Crippen LogP contribution in [0, 0.1) is 6.92 Å². The summed E-state index contributed by atoms with van der Waals surface area (Å²) in [6.07, 6.45) is 3.24. The molecule has 0 aromatic carbocycles. The van der Waals surface area contributed by atoms with Crippen molar-refractivity contribution in [2.24, 2.45) is 0 Å². The van der Waals surface area contributed by atoms with Crippen LogP contribution in [0.25, 0.3) is 0 Å². The van der Waals surface area contributed by atoms with Crippen LogP contribution in [-0.4, -0.2) is 44.3 Å². The molecule has 0 radical (unpaired) electrons. The van der Waals surface area contributed by atoms with Crippen LogP contribution in [0.4, 0.5) is 0 Å². The molecule has 2 unspecified atom stereocenters. The summed E-state index contributed by atoms with van der Waals surface area (Å²) in [7, 11) is 3.93. The smallest absolute Gasteiger partial charge is 0.105 e. The molecule has 17 heavy (non-hydrogen) atoms. The standard InChI is InChI=1S/C13H22N2O2/c1-10-11(4-5-17-10)8-15(2)9-12-6-13(16-3)7-14-12/h4-5,12-14H,6-9H2,1-3H3. The summed E-state index contributed by atoms with van der Waals surface area (Å²) in [5.74, 6) is 1.02. The zero-order valence-electron chi connectivity index (χ0n) is 10.9. The van der Waals surface area contributed by atoms with Crippen molar-refractivity contribution >= 4 is 0 Å². The number of rotatable bonds is 5. The van der Waals surface area contributed by atoms with Crippen molar-refractivity contribution in [1.82, 2.24) is 10.2 Å². The minimum absolute atomic E-state index is 0.379. The van der Waals surface area contributed by atoms with Crippen LogP contribution in [0.2, 0.25) is 0 Å². The third-order valence-electron chi connectivity index (χ3n) is 3.45. The van der Waals surface area contributed by atoms with Crippen LogP contribution in [0.1, 0.15) is 17.7 Å². The van der Waals surface area contributed by atoms with Crippen molar-refractivity contribution in [3.05, 3.63) is 23.7 Å². The van der Waals surface area contributed by atoms with Crippen LogP contribution in [-0.2, 0) is 11.3 Å². The van der Waals surface area contributed by atoms with Crippen LogP contribution in [0.3, 0.4) is 0 Å². The van der Waals surface area contributed by atoms with Crippen molar-refractivity contribution in [2.75, 3.05) is 27.2 Å². The number of nitrogens with one attached hydrogen (secondary N) is 1.